The number of nitrogens with one attached hydrogen (secondary N) is 1. The van der Waals surface area contributed by atoms with E-state index in [-0.39, 0.29) is 12.0 Å². The van der Waals surface area contributed by atoms with E-state index >= 15 is 0 Å². The predicted molar refractivity (Wildman–Crippen MR) is 122 cm³/mol. The molecule has 2 aromatic heterocycles. The lowest BCUT2D eigenvalue weighted by Crippen LogP contribution is -2.34. The molecular formula is C24H26N4O2S. The Kier molecular flexibility index (Phi) is 4.95. The van der Waals surface area contributed by atoms with Crippen molar-refractivity contribution in [2.45, 2.75) is 37.8 Å². The number of aryl methyl sites for hydroxylation is 1. The number of aromatic amines is 1. The topological polar surface area (TPSA) is 71.0 Å². The number of H-pyrrole nitrogens is 1. The number of hydrogen-bond acceptors (Lipinski definition) is 3. The standard InChI is InChI=1S/C24H26N4O2S/c1-17-3-6-23(7-4-17)31(29,30)28-16-19(11-18(28)2)15-27-10-9-21-12-20(5-8-24(21)27)22-13-25-26-14-22/h3-10,12-14,18-19H,11,15-16H2,1-2H3,(H,25,26)/t18-,19+/m0/s1. The van der Waals surface area contributed by atoms with Gasteiger partial charge in [-0.15, -0.1) is 0 Å². The summed E-state index contributed by atoms with van der Waals surface area (Å²) in [6, 6.07) is 15.7. The van der Waals surface area contributed by atoms with Gasteiger partial charge in [0.2, 0.25) is 10.0 Å². The summed E-state index contributed by atoms with van der Waals surface area (Å²) in [6.07, 6.45) is 6.67. The van der Waals surface area contributed by atoms with Crippen molar-refractivity contribution in [1.29, 1.82) is 0 Å². The van der Waals surface area contributed by atoms with Gasteiger partial charge >= 0.3 is 0 Å². The summed E-state index contributed by atoms with van der Waals surface area (Å²) in [4.78, 5) is 0.379. The molecule has 0 spiro atoms. The monoisotopic (exact) mass is 434 g/mol. The SMILES string of the molecule is Cc1ccc(S(=O)(=O)N2C[C@@H](Cn3ccc4cc(-c5cn[nH]c5)ccc43)C[C@@H]2C)cc1. The van der Waals surface area contributed by atoms with Crippen LogP contribution in [0.1, 0.15) is 18.9 Å². The van der Waals surface area contributed by atoms with Gasteiger partial charge in [0.25, 0.3) is 0 Å². The van der Waals surface area contributed by atoms with Crippen LogP contribution < -0.4 is 0 Å². The summed E-state index contributed by atoms with van der Waals surface area (Å²) in [7, 11) is -3.47. The molecule has 6 nitrogen and oxygen atoms in total. The van der Waals surface area contributed by atoms with Gasteiger partial charge in [0.15, 0.2) is 0 Å². The van der Waals surface area contributed by atoms with E-state index in [2.05, 4.69) is 45.2 Å². The van der Waals surface area contributed by atoms with Gasteiger partial charge in [0.05, 0.1) is 11.1 Å². The minimum atomic E-state index is -3.47. The summed E-state index contributed by atoms with van der Waals surface area (Å²) in [5.41, 5.74) is 4.42. The second kappa shape index (κ2) is 7.66. The van der Waals surface area contributed by atoms with Gasteiger partial charge in [-0.2, -0.15) is 9.40 Å². The maximum Gasteiger partial charge on any atom is 0.243 e. The van der Waals surface area contributed by atoms with Crippen molar-refractivity contribution in [3.8, 4) is 11.1 Å². The predicted octanol–water partition coefficient (Wildman–Crippen LogP) is 4.44. The maximum atomic E-state index is 13.2. The van der Waals surface area contributed by atoms with Crippen LogP contribution >= 0.6 is 0 Å². The highest BCUT2D eigenvalue weighted by molar-refractivity contribution is 7.89. The number of sulfonamides is 1. The first-order chi connectivity index (χ1) is 14.9. The molecule has 0 bridgehead atoms. The van der Waals surface area contributed by atoms with E-state index in [1.807, 2.05) is 38.4 Å². The van der Waals surface area contributed by atoms with Gasteiger partial charge in [-0.25, -0.2) is 8.42 Å². The molecule has 2 atom stereocenters. The van der Waals surface area contributed by atoms with Crippen molar-refractivity contribution < 1.29 is 8.42 Å². The molecule has 7 heteroatoms. The highest BCUT2D eigenvalue weighted by Crippen LogP contribution is 2.32. The lowest BCUT2D eigenvalue weighted by molar-refractivity contribution is 0.399. The Balaban J connectivity index is 1.35. The van der Waals surface area contributed by atoms with E-state index in [9.17, 15) is 8.42 Å². The quantitative estimate of drug-likeness (QED) is 0.505. The third kappa shape index (κ3) is 3.68. The number of nitrogens with zero attached hydrogens (tertiary/aromatic N) is 3. The summed E-state index contributed by atoms with van der Waals surface area (Å²) in [5.74, 6) is 0.277. The van der Waals surface area contributed by atoms with E-state index in [0.717, 1.165) is 29.7 Å². The largest absolute Gasteiger partial charge is 0.347 e. The first-order valence-corrected chi connectivity index (χ1v) is 12.0. The Morgan fingerprint density at radius 2 is 1.90 bits per heavy atom. The average Bonchev–Trinajstić information content (AvgIpc) is 3.49. The van der Waals surface area contributed by atoms with Crippen LogP contribution in [-0.4, -0.2) is 40.1 Å². The first kappa shape index (κ1) is 20.0. The number of aromatic nitrogens is 3. The van der Waals surface area contributed by atoms with Crippen molar-refractivity contribution in [2.24, 2.45) is 5.92 Å². The van der Waals surface area contributed by atoms with Gasteiger partial charge in [-0.05, 0) is 62.1 Å². The van der Waals surface area contributed by atoms with Crippen LogP contribution in [0, 0.1) is 12.8 Å². The van der Waals surface area contributed by atoms with Crippen LogP contribution in [0.25, 0.3) is 22.0 Å². The van der Waals surface area contributed by atoms with Gasteiger partial charge in [0, 0.05) is 48.0 Å². The highest BCUT2D eigenvalue weighted by Gasteiger charge is 2.37. The van der Waals surface area contributed by atoms with E-state index in [0.29, 0.717) is 11.4 Å². The smallest absolute Gasteiger partial charge is 0.243 e. The fourth-order valence-corrected chi connectivity index (χ4v) is 6.37. The van der Waals surface area contributed by atoms with Gasteiger partial charge in [0.1, 0.15) is 0 Å². The van der Waals surface area contributed by atoms with E-state index in [1.165, 1.54) is 10.9 Å². The highest BCUT2D eigenvalue weighted by atomic mass is 32.2. The minimum absolute atomic E-state index is 0.00850. The fourth-order valence-electron chi connectivity index (χ4n) is 4.65. The Morgan fingerprint density at radius 3 is 2.65 bits per heavy atom. The van der Waals surface area contributed by atoms with Crippen LogP contribution in [0.4, 0.5) is 0 Å². The normalized spacial score (nSPS) is 19.9. The zero-order valence-corrected chi connectivity index (χ0v) is 18.5. The molecule has 0 unspecified atom stereocenters. The van der Waals surface area contributed by atoms with E-state index in [1.54, 1.807) is 16.4 Å². The third-order valence-electron chi connectivity index (χ3n) is 6.29. The van der Waals surface area contributed by atoms with Gasteiger partial charge in [-0.3, -0.25) is 5.10 Å². The van der Waals surface area contributed by atoms with Crippen LogP contribution in [0.2, 0.25) is 0 Å². The Bertz CT molecular complexity index is 1310. The number of fused-ring (bicyclic) bond motifs is 1. The van der Waals surface area contributed by atoms with Crippen molar-refractivity contribution in [1.82, 2.24) is 19.1 Å². The van der Waals surface area contributed by atoms with Gasteiger partial charge < -0.3 is 4.57 Å². The number of benzene rings is 2. The summed E-state index contributed by atoms with van der Waals surface area (Å²) < 4.78 is 30.3. The van der Waals surface area contributed by atoms with E-state index < -0.39 is 10.0 Å². The number of rotatable bonds is 5. The molecule has 1 aliphatic heterocycles. The molecular weight excluding hydrogens is 408 g/mol. The molecule has 160 valence electrons. The molecule has 0 radical (unpaired) electrons. The Morgan fingerprint density at radius 1 is 1.10 bits per heavy atom. The van der Waals surface area contributed by atoms with Crippen molar-refractivity contribution >= 4 is 20.9 Å². The van der Waals surface area contributed by atoms with Crippen LogP contribution in [-0.2, 0) is 16.6 Å². The molecule has 4 aromatic rings. The molecule has 5 rings (SSSR count). The number of hydrogen-bond donors (Lipinski definition) is 1. The first-order valence-electron chi connectivity index (χ1n) is 10.6. The molecule has 0 amide bonds. The fraction of sp³-hybridized carbons (Fsp3) is 0.292. The molecule has 2 aromatic carbocycles. The molecule has 0 aliphatic carbocycles. The molecule has 1 fully saturated rings. The lowest BCUT2D eigenvalue weighted by Gasteiger charge is -2.21. The molecule has 31 heavy (non-hydrogen) atoms. The van der Waals surface area contributed by atoms with Crippen LogP contribution in [0.5, 0.6) is 0 Å². The second-order valence-corrected chi connectivity index (χ2v) is 10.5. The summed E-state index contributed by atoms with van der Waals surface area (Å²) in [6.45, 7) is 5.32. The average molecular weight is 435 g/mol. The Hall–Kier alpha value is -2.90. The summed E-state index contributed by atoms with van der Waals surface area (Å²) in [5, 5.41) is 8.06. The maximum absolute atomic E-state index is 13.2. The van der Waals surface area contributed by atoms with Crippen LogP contribution in [0.3, 0.4) is 0 Å². The molecule has 1 N–H and O–H groups in total. The molecule has 1 aliphatic rings. The van der Waals surface area contributed by atoms with Crippen LogP contribution in [0.15, 0.2) is 72.0 Å². The molecule has 3 heterocycles. The van der Waals surface area contributed by atoms with Crippen molar-refractivity contribution in [3.05, 3.63) is 72.7 Å². The zero-order chi connectivity index (χ0) is 21.6. The summed E-state index contributed by atoms with van der Waals surface area (Å²) >= 11 is 0. The minimum Gasteiger partial charge on any atom is -0.347 e. The second-order valence-electron chi connectivity index (χ2n) is 8.57. The van der Waals surface area contributed by atoms with E-state index in [4.69, 9.17) is 0 Å². The van der Waals surface area contributed by atoms with Gasteiger partial charge in [-0.1, -0.05) is 23.8 Å². The zero-order valence-electron chi connectivity index (χ0n) is 17.7. The third-order valence-corrected chi connectivity index (χ3v) is 8.28. The van der Waals surface area contributed by atoms with Crippen molar-refractivity contribution in [3.63, 3.8) is 0 Å². The lowest BCUT2D eigenvalue weighted by atomic mass is 10.1. The molecule has 0 saturated carbocycles. The Labute approximate surface area is 182 Å². The van der Waals surface area contributed by atoms with Crippen molar-refractivity contribution in [2.75, 3.05) is 6.54 Å². The molecule has 1 saturated heterocycles.